The summed E-state index contributed by atoms with van der Waals surface area (Å²) in [4.78, 5) is 22.3. The Morgan fingerprint density at radius 1 is 1.32 bits per heavy atom. The van der Waals surface area contributed by atoms with Gasteiger partial charge in [0.05, 0.1) is 6.61 Å². The highest BCUT2D eigenvalue weighted by Crippen LogP contribution is 2.12. The number of alkyl carbamates (subject to hydrolysis) is 1. The molecule has 6 heteroatoms. The SMILES string of the molecule is CCOC(=O)NC(=O)COc1cccc(CNC)c1. The van der Waals surface area contributed by atoms with E-state index in [1.807, 2.05) is 25.2 Å². The van der Waals surface area contributed by atoms with Crippen LogP contribution in [0.3, 0.4) is 0 Å². The second-order valence-electron chi connectivity index (χ2n) is 3.74. The molecule has 104 valence electrons. The minimum atomic E-state index is -0.764. The molecule has 0 spiro atoms. The highest BCUT2D eigenvalue weighted by Gasteiger charge is 2.08. The molecular weight excluding hydrogens is 248 g/mol. The molecule has 0 aromatic heterocycles. The quantitative estimate of drug-likeness (QED) is 0.805. The molecular formula is C13H18N2O4. The molecule has 0 atom stereocenters. The van der Waals surface area contributed by atoms with Gasteiger partial charge in [0.25, 0.3) is 5.91 Å². The number of ether oxygens (including phenoxy) is 2. The lowest BCUT2D eigenvalue weighted by Crippen LogP contribution is -2.34. The van der Waals surface area contributed by atoms with Gasteiger partial charge in [-0.1, -0.05) is 12.1 Å². The van der Waals surface area contributed by atoms with Crippen molar-refractivity contribution in [3.63, 3.8) is 0 Å². The second-order valence-corrected chi connectivity index (χ2v) is 3.74. The molecule has 0 heterocycles. The molecule has 19 heavy (non-hydrogen) atoms. The summed E-state index contributed by atoms with van der Waals surface area (Å²) in [5.41, 5.74) is 1.05. The maximum absolute atomic E-state index is 11.4. The Balaban J connectivity index is 2.41. The summed E-state index contributed by atoms with van der Waals surface area (Å²) in [6, 6.07) is 7.36. The normalized spacial score (nSPS) is 9.79. The fraction of sp³-hybridized carbons (Fsp3) is 0.385. The zero-order chi connectivity index (χ0) is 14.1. The Morgan fingerprint density at radius 2 is 2.11 bits per heavy atom. The van der Waals surface area contributed by atoms with E-state index < -0.39 is 12.0 Å². The fourth-order valence-electron chi connectivity index (χ4n) is 1.42. The molecule has 0 unspecified atom stereocenters. The van der Waals surface area contributed by atoms with E-state index in [1.54, 1.807) is 13.0 Å². The number of imide groups is 1. The minimum absolute atomic E-state index is 0.214. The first-order chi connectivity index (χ1) is 9.15. The van der Waals surface area contributed by atoms with Gasteiger partial charge in [0.2, 0.25) is 0 Å². The zero-order valence-corrected chi connectivity index (χ0v) is 11.1. The van der Waals surface area contributed by atoms with Crippen molar-refractivity contribution in [3.05, 3.63) is 29.8 Å². The molecule has 0 saturated heterocycles. The van der Waals surface area contributed by atoms with Crippen LogP contribution in [0, 0.1) is 0 Å². The molecule has 0 aliphatic heterocycles. The number of rotatable bonds is 6. The number of hydrogen-bond donors (Lipinski definition) is 2. The van der Waals surface area contributed by atoms with Crippen LogP contribution < -0.4 is 15.4 Å². The Labute approximate surface area is 112 Å². The van der Waals surface area contributed by atoms with Crippen molar-refractivity contribution in [2.24, 2.45) is 0 Å². The first-order valence-electron chi connectivity index (χ1n) is 5.98. The summed E-state index contributed by atoms with van der Waals surface area (Å²) in [6.07, 6.45) is -0.764. The molecule has 1 aromatic carbocycles. The molecule has 1 rings (SSSR count). The van der Waals surface area contributed by atoms with Gasteiger partial charge in [-0.2, -0.15) is 0 Å². The second kappa shape index (κ2) is 8.10. The van der Waals surface area contributed by atoms with Gasteiger partial charge in [0, 0.05) is 6.54 Å². The van der Waals surface area contributed by atoms with E-state index in [0.29, 0.717) is 12.3 Å². The van der Waals surface area contributed by atoms with E-state index in [1.165, 1.54) is 0 Å². The van der Waals surface area contributed by atoms with Crippen LogP contribution in [0.25, 0.3) is 0 Å². The van der Waals surface area contributed by atoms with E-state index >= 15 is 0 Å². The number of nitrogens with one attached hydrogen (secondary N) is 2. The van der Waals surface area contributed by atoms with Gasteiger partial charge in [0.15, 0.2) is 6.61 Å². The highest BCUT2D eigenvalue weighted by atomic mass is 16.5. The zero-order valence-electron chi connectivity index (χ0n) is 11.1. The third-order valence-corrected chi connectivity index (χ3v) is 2.17. The summed E-state index contributed by atoms with van der Waals surface area (Å²) >= 11 is 0. The van der Waals surface area contributed by atoms with Crippen LogP contribution in [0.5, 0.6) is 5.75 Å². The lowest BCUT2D eigenvalue weighted by molar-refractivity contribution is -0.122. The van der Waals surface area contributed by atoms with E-state index in [-0.39, 0.29) is 13.2 Å². The Morgan fingerprint density at radius 3 is 2.79 bits per heavy atom. The fourth-order valence-corrected chi connectivity index (χ4v) is 1.42. The molecule has 0 saturated carbocycles. The van der Waals surface area contributed by atoms with Crippen LogP contribution in [0.4, 0.5) is 4.79 Å². The number of carbonyl (C=O) groups is 2. The van der Waals surface area contributed by atoms with Gasteiger partial charge in [0.1, 0.15) is 5.75 Å². The van der Waals surface area contributed by atoms with E-state index in [2.05, 4.69) is 15.4 Å². The van der Waals surface area contributed by atoms with Gasteiger partial charge < -0.3 is 14.8 Å². The molecule has 0 fully saturated rings. The predicted molar refractivity (Wildman–Crippen MR) is 69.9 cm³/mol. The van der Waals surface area contributed by atoms with Gasteiger partial charge in [-0.05, 0) is 31.7 Å². The van der Waals surface area contributed by atoms with Crippen LogP contribution in [0.1, 0.15) is 12.5 Å². The van der Waals surface area contributed by atoms with Crippen molar-refractivity contribution in [2.45, 2.75) is 13.5 Å². The van der Waals surface area contributed by atoms with Gasteiger partial charge in [-0.25, -0.2) is 4.79 Å². The lowest BCUT2D eigenvalue weighted by Gasteiger charge is -2.08. The van der Waals surface area contributed by atoms with Crippen molar-refractivity contribution in [1.29, 1.82) is 0 Å². The van der Waals surface area contributed by atoms with Crippen LogP contribution in [0.2, 0.25) is 0 Å². The van der Waals surface area contributed by atoms with E-state index in [4.69, 9.17) is 4.74 Å². The van der Waals surface area contributed by atoms with Crippen molar-refractivity contribution >= 4 is 12.0 Å². The third kappa shape index (κ3) is 5.87. The van der Waals surface area contributed by atoms with Crippen molar-refractivity contribution < 1.29 is 19.1 Å². The van der Waals surface area contributed by atoms with E-state index in [0.717, 1.165) is 5.56 Å². The summed E-state index contributed by atoms with van der Waals surface area (Å²) < 4.78 is 9.87. The Bertz CT molecular complexity index is 434. The van der Waals surface area contributed by atoms with Gasteiger partial charge in [-0.3, -0.25) is 10.1 Å². The third-order valence-electron chi connectivity index (χ3n) is 2.17. The predicted octanol–water partition coefficient (Wildman–Crippen LogP) is 1.06. The minimum Gasteiger partial charge on any atom is -0.484 e. The standard InChI is InChI=1S/C13H18N2O4/c1-3-18-13(17)15-12(16)9-19-11-6-4-5-10(7-11)8-14-2/h4-7,14H,3,8-9H2,1-2H3,(H,15,16,17). The van der Waals surface area contributed by atoms with Crippen molar-refractivity contribution in [1.82, 2.24) is 10.6 Å². The Kier molecular flexibility index (Phi) is 6.38. The molecule has 6 nitrogen and oxygen atoms in total. The van der Waals surface area contributed by atoms with Crippen LogP contribution in [-0.2, 0) is 16.1 Å². The number of amides is 2. The average molecular weight is 266 g/mol. The lowest BCUT2D eigenvalue weighted by atomic mass is 10.2. The van der Waals surface area contributed by atoms with Crippen molar-refractivity contribution in [2.75, 3.05) is 20.3 Å². The average Bonchev–Trinajstić information content (AvgIpc) is 2.37. The topological polar surface area (TPSA) is 76.7 Å². The Hall–Kier alpha value is -2.08. The smallest absolute Gasteiger partial charge is 0.413 e. The molecule has 0 aliphatic rings. The summed E-state index contributed by atoms with van der Waals surface area (Å²) in [6.45, 7) is 2.36. The van der Waals surface area contributed by atoms with Crippen LogP contribution in [0.15, 0.2) is 24.3 Å². The summed E-state index contributed by atoms with van der Waals surface area (Å²) in [7, 11) is 1.85. The maximum Gasteiger partial charge on any atom is 0.413 e. The molecule has 0 bridgehead atoms. The number of carbonyl (C=O) groups excluding carboxylic acids is 2. The highest BCUT2D eigenvalue weighted by molar-refractivity contribution is 5.92. The first-order valence-corrected chi connectivity index (χ1v) is 5.98. The summed E-state index contributed by atoms with van der Waals surface area (Å²) in [5.74, 6) is 0.0317. The number of benzene rings is 1. The molecule has 2 N–H and O–H groups in total. The molecule has 1 aromatic rings. The molecule has 0 aliphatic carbocycles. The van der Waals surface area contributed by atoms with E-state index in [9.17, 15) is 9.59 Å². The maximum atomic E-state index is 11.4. The first kappa shape index (κ1) is 15.0. The monoisotopic (exact) mass is 266 g/mol. The summed E-state index contributed by atoms with van der Waals surface area (Å²) in [5, 5.41) is 5.07. The van der Waals surface area contributed by atoms with Gasteiger partial charge in [-0.15, -0.1) is 0 Å². The van der Waals surface area contributed by atoms with Crippen LogP contribution in [-0.4, -0.2) is 32.3 Å². The van der Waals surface area contributed by atoms with Gasteiger partial charge >= 0.3 is 6.09 Å². The number of hydrogen-bond acceptors (Lipinski definition) is 5. The molecule has 2 amide bonds. The van der Waals surface area contributed by atoms with Crippen LogP contribution >= 0.6 is 0 Å². The van der Waals surface area contributed by atoms with Crippen molar-refractivity contribution in [3.8, 4) is 5.75 Å². The largest absolute Gasteiger partial charge is 0.484 e. The molecule has 0 radical (unpaired) electrons.